The number of amides is 1. The Morgan fingerprint density at radius 2 is 1.96 bits per heavy atom. The van der Waals surface area contributed by atoms with Gasteiger partial charge in [0, 0.05) is 22.7 Å². The molecule has 0 unspecified atom stereocenters. The van der Waals surface area contributed by atoms with Gasteiger partial charge in [0.1, 0.15) is 6.54 Å². The molecule has 1 N–H and O–H groups in total. The molecule has 0 bridgehead atoms. The molecule has 142 valence electrons. The summed E-state index contributed by atoms with van der Waals surface area (Å²) >= 11 is 0.980. The number of rotatable bonds is 6. The van der Waals surface area contributed by atoms with Crippen molar-refractivity contribution in [1.82, 2.24) is 4.57 Å². The number of nitrogens with zero attached hydrogens (tertiary/aromatic N) is 1. The van der Waals surface area contributed by atoms with E-state index in [0.717, 1.165) is 11.3 Å². The van der Waals surface area contributed by atoms with Gasteiger partial charge in [-0.2, -0.15) is 0 Å². The molecule has 0 fully saturated rings. The molecule has 1 aromatic heterocycles. The van der Waals surface area contributed by atoms with Crippen molar-refractivity contribution in [1.29, 1.82) is 0 Å². The summed E-state index contributed by atoms with van der Waals surface area (Å²) < 4.78 is 16.6. The Morgan fingerprint density at radius 1 is 1.26 bits per heavy atom. The summed E-state index contributed by atoms with van der Waals surface area (Å²) in [4.78, 5) is 47.0. The minimum absolute atomic E-state index is 0.0308. The normalized spacial score (nSPS) is 11.9. The zero-order valence-electron chi connectivity index (χ0n) is 14.6. The average molecular weight is 392 g/mol. The summed E-state index contributed by atoms with van der Waals surface area (Å²) in [5.41, 5.74) is 1.12. The minimum atomic E-state index is -0.716. The lowest BCUT2D eigenvalue weighted by Crippen LogP contribution is -2.26. The zero-order chi connectivity index (χ0) is 19.6. The topological polar surface area (TPSA) is 113 Å². The van der Waals surface area contributed by atoms with Gasteiger partial charge in [0.2, 0.25) is 6.79 Å². The van der Waals surface area contributed by atoms with Crippen LogP contribution in [-0.2, 0) is 20.9 Å². The van der Waals surface area contributed by atoms with Gasteiger partial charge in [0.05, 0.1) is 5.69 Å². The Balaban J connectivity index is 1.62. The van der Waals surface area contributed by atoms with Gasteiger partial charge in [0.25, 0.3) is 5.91 Å². The van der Waals surface area contributed by atoms with Crippen molar-refractivity contribution in [3.8, 4) is 11.5 Å². The molecule has 1 aliphatic heterocycles. The van der Waals surface area contributed by atoms with Crippen molar-refractivity contribution < 1.29 is 28.6 Å². The van der Waals surface area contributed by atoms with Crippen molar-refractivity contribution in [3.05, 3.63) is 38.4 Å². The molecule has 0 atom stereocenters. The quantitative estimate of drug-likeness (QED) is 0.583. The van der Waals surface area contributed by atoms with Crippen LogP contribution in [-0.4, -0.2) is 35.6 Å². The number of Topliss-reactive ketones (excluding diaryl/α,β-unsaturated/α-hetero) is 1. The zero-order valence-corrected chi connectivity index (χ0v) is 15.4. The van der Waals surface area contributed by atoms with Crippen molar-refractivity contribution in [2.24, 2.45) is 0 Å². The average Bonchev–Trinajstić information content (AvgIpc) is 3.20. The van der Waals surface area contributed by atoms with Crippen LogP contribution in [0, 0.1) is 6.92 Å². The first-order valence-corrected chi connectivity index (χ1v) is 8.78. The Morgan fingerprint density at radius 3 is 2.59 bits per heavy atom. The van der Waals surface area contributed by atoms with Crippen LogP contribution in [0.5, 0.6) is 11.5 Å². The van der Waals surface area contributed by atoms with Crippen molar-refractivity contribution >= 4 is 34.7 Å². The monoisotopic (exact) mass is 392 g/mol. The van der Waals surface area contributed by atoms with Gasteiger partial charge in [-0.05, 0) is 19.9 Å². The Bertz CT molecular complexity index is 976. The summed E-state index contributed by atoms with van der Waals surface area (Å²) in [6.45, 7) is 2.25. The molecule has 2 heterocycles. The predicted molar refractivity (Wildman–Crippen MR) is 95.5 cm³/mol. The lowest BCUT2D eigenvalue weighted by molar-refractivity contribution is -0.147. The lowest BCUT2D eigenvalue weighted by atomic mass is 10.1. The smallest absolute Gasteiger partial charge is 0.326 e. The number of benzene rings is 1. The highest BCUT2D eigenvalue weighted by molar-refractivity contribution is 7.07. The largest absolute Gasteiger partial charge is 0.454 e. The maximum atomic E-state index is 12.1. The first-order valence-electron chi connectivity index (χ1n) is 7.90. The fraction of sp³-hybridized carbons (Fsp3) is 0.294. The molecule has 1 amide bonds. The van der Waals surface area contributed by atoms with Crippen LogP contribution in [0.2, 0.25) is 0 Å². The first kappa shape index (κ1) is 18.6. The Hall–Kier alpha value is -3.14. The number of carbonyl (C=O) groups excluding carboxylic acids is 3. The minimum Gasteiger partial charge on any atom is -0.454 e. The molecule has 2 aromatic rings. The first-order chi connectivity index (χ1) is 12.8. The summed E-state index contributed by atoms with van der Waals surface area (Å²) in [7, 11) is 0. The second-order valence-corrected chi connectivity index (χ2v) is 6.57. The van der Waals surface area contributed by atoms with Gasteiger partial charge in [-0.25, -0.2) is 0 Å². The van der Waals surface area contributed by atoms with E-state index < -0.39 is 18.5 Å². The number of ketones is 1. The number of thiazole rings is 1. The van der Waals surface area contributed by atoms with Gasteiger partial charge in [0.15, 0.2) is 23.9 Å². The fourth-order valence-corrected chi connectivity index (χ4v) is 3.17. The lowest BCUT2D eigenvalue weighted by Gasteiger charge is -2.11. The third-order valence-corrected chi connectivity index (χ3v) is 4.68. The number of aryl methyl sites for hydroxylation is 1. The number of fused-ring (bicyclic) bond motifs is 1. The SMILES string of the molecule is CC(=O)c1cc2c(cc1NC(=O)COC(=O)Cn1c(C)csc1=O)OCO2. The van der Waals surface area contributed by atoms with Crippen LogP contribution < -0.4 is 19.7 Å². The van der Waals surface area contributed by atoms with Gasteiger partial charge in [-0.1, -0.05) is 11.3 Å². The molecular formula is C17H16N2O7S. The van der Waals surface area contributed by atoms with Crippen LogP contribution in [0.3, 0.4) is 0 Å². The van der Waals surface area contributed by atoms with E-state index in [0.29, 0.717) is 17.2 Å². The molecule has 1 aromatic carbocycles. The summed E-state index contributed by atoms with van der Waals surface area (Å²) in [5.74, 6) is -0.793. The number of carbonyl (C=O) groups is 3. The van der Waals surface area contributed by atoms with Crippen LogP contribution in [0.25, 0.3) is 0 Å². The van der Waals surface area contributed by atoms with Gasteiger partial charge in [-0.15, -0.1) is 0 Å². The number of esters is 1. The standard InChI is InChI=1S/C17H16N2O7S/c1-9-7-27-17(23)19(9)5-16(22)24-6-15(21)18-12-4-14-13(25-8-26-14)3-11(12)10(2)20/h3-4,7H,5-6,8H2,1-2H3,(H,18,21). The highest BCUT2D eigenvalue weighted by Gasteiger charge is 2.21. The highest BCUT2D eigenvalue weighted by atomic mass is 32.1. The third-order valence-electron chi connectivity index (χ3n) is 3.79. The van der Waals surface area contributed by atoms with Crippen LogP contribution in [0.4, 0.5) is 5.69 Å². The summed E-state index contributed by atoms with van der Waals surface area (Å²) in [6.07, 6.45) is 0. The molecule has 0 saturated carbocycles. The number of anilines is 1. The maximum Gasteiger partial charge on any atom is 0.326 e. The van der Waals surface area contributed by atoms with Crippen LogP contribution in [0.15, 0.2) is 22.3 Å². The van der Waals surface area contributed by atoms with Gasteiger partial charge >= 0.3 is 10.8 Å². The number of ether oxygens (including phenoxy) is 3. The van der Waals surface area contributed by atoms with E-state index in [2.05, 4.69) is 5.32 Å². The van der Waals surface area contributed by atoms with E-state index in [1.54, 1.807) is 12.3 Å². The second kappa shape index (κ2) is 7.62. The molecule has 1 aliphatic rings. The molecule has 0 saturated heterocycles. The van der Waals surface area contributed by atoms with Crippen molar-refractivity contribution in [2.45, 2.75) is 20.4 Å². The number of hydrogen-bond acceptors (Lipinski definition) is 8. The second-order valence-electron chi connectivity index (χ2n) is 5.75. The number of hydrogen-bond donors (Lipinski definition) is 1. The Labute approximate surface area is 157 Å². The number of aromatic nitrogens is 1. The van der Waals surface area contributed by atoms with E-state index in [1.807, 2.05) is 0 Å². The molecule has 9 nitrogen and oxygen atoms in total. The van der Waals surface area contributed by atoms with Crippen LogP contribution >= 0.6 is 11.3 Å². The fourth-order valence-electron chi connectivity index (χ4n) is 2.44. The van der Waals surface area contributed by atoms with Crippen LogP contribution in [0.1, 0.15) is 23.0 Å². The summed E-state index contributed by atoms with van der Waals surface area (Å²) in [6, 6.07) is 2.96. The molecule has 0 radical (unpaired) electrons. The molecule has 0 spiro atoms. The molecule has 27 heavy (non-hydrogen) atoms. The molecule has 10 heteroatoms. The van der Waals surface area contributed by atoms with Gasteiger partial charge < -0.3 is 19.5 Å². The van der Waals surface area contributed by atoms with E-state index in [1.165, 1.54) is 23.6 Å². The van der Waals surface area contributed by atoms with Crippen molar-refractivity contribution in [3.63, 3.8) is 0 Å². The summed E-state index contributed by atoms with van der Waals surface area (Å²) in [5, 5.41) is 4.15. The highest BCUT2D eigenvalue weighted by Crippen LogP contribution is 2.37. The van der Waals surface area contributed by atoms with E-state index >= 15 is 0 Å². The number of nitrogens with one attached hydrogen (secondary N) is 1. The van der Waals surface area contributed by atoms with E-state index in [9.17, 15) is 19.2 Å². The maximum absolute atomic E-state index is 12.1. The van der Waals surface area contributed by atoms with E-state index in [4.69, 9.17) is 14.2 Å². The molecule has 3 rings (SSSR count). The molecule has 0 aliphatic carbocycles. The van der Waals surface area contributed by atoms with Crippen molar-refractivity contribution in [2.75, 3.05) is 18.7 Å². The van der Waals surface area contributed by atoms with E-state index in [-0.39, 0.29) is 35.2 Å². The predicted octanol–water partition coefficient (Wildman–Crippen LogP) is 1.33. The Kier molecular flexibility index (Phi) is 5.26. The molecular weight excluding hydrogens is 376 g/mol. The van der Waals surface area contributed by atoms with Gasteiger partial charge in [-0.3, -0.25) is 23.7 Å². The third kappa shape index (κ3) is 4.17.